The van der Waals surface area contributed by atoms with Gasteiger partial charge in [0.1, 0.15) is 0 Å². The fourth-order valence-corrected chi connectivity index (χ4v) is 3.47. The second kappa shape index (κ2) is 6.58. The van der Waals surface area contributed by atoms with Crippen molar-refractivity contribution in [1.82, 2.24) is 4.90 Å². The maximum atomic E-state index is 12.7. The molecule has 25 heavy (non-hydrogen) atoms. The first kappa shape index (κ1) is 18.7. The van der Waals surface area contributed by atoms with Gasteiger partial charge in [-0.25, -0.2) is 0 Å². The molecule has 1 atom stereocenters. The summed E-state index contributed by atoms with van der Waals surface area (Å²) in [4.78, 5) is 14.5. The van der Waals surface area contributed by atoms with Crippen LogP contribution in [-0.2, 0) is 9.31 Å². The number of nitrogens with two attached hydrogens (primary N) is 1. The van der Waals surface area contributed by atoms with Crippen LogP contribution in [-0.4, -0.2) is 48.3 Å². The van der Waals surface area contributed by atoms with Crippen molar-refractivity contribution in [2.45, 2.75) is 57.8 Å². The van der Waals surface area contributed by atoms with Crippen LogP contribution in [0.1, 0.15) is 50.9 Å². The predicted molar refractivity (Wildman–Crippen MR) is 100 cm³/mol. The van der Waals surface area contributed by atoms with Gasteiger partial charge in [0.15, 0.2) is 0 Å². The van der Waals surface area contributed by atoms with Gasteiger partial charge in [-0.15, -0.1) is 0 Å². The van der Waals surface area contributed by atoms with Gasteiger partial charge in [0, 0.05) is 19.1 Å². The molecule has 2 saturated heterocycles. The maximum absolute atomic E-state index is 12.7. The fraction of sp³-hybridized carbons (Fsp3) is 0.611. The molecule has 0 radical (unpaired) electrons. The van der Waals surface area contributed by atoms with Gasteiger partial charge in [-0.3, -0.25) is 4.79 Å². The molecule has 3 rings (SSSR count). The van der Waals surface area contributed by atoms with Crippen LogP contribution in [0.2, 0.25) is 5.02 Å². The number of amides is 1. The van der Waals surface area contributed by atoms with E-state index in [1.54, 1.807) is 17.0 Å². The van der Waals surface area contributed by atoms with Crippen molar-refractivity contribution in [3.8, 4) is 0 Å². The molecule has 0 aromatic heterocycles. The Bertz CT molecular complexity index is 664. The summed E-state index contributed by atoms with van der Waals surface area (Å²) < 4.78 is 12.1. The predicted octanol–water partition coefficient (Wildman–Crippen LogP) is 2.20. The van der Waals surface area contributed by atoms with Gasteiger partial charge in [-0.05, 0) is 58.1 Å². The zero-order valence-electron chi connectivity index (χ0n) is 15.3. The van der Waals surface area contributed by atoms with E-state index in [1.807, 2.05) is 33.8 Å². The molecule has 0 aliphatic carbocycles. The molecule has 5 nitrogen and oxygen atoms in total. The molecule has 7 heteroatoms. The Balaban J connectivity index is 1.79. The topological polar surface area (TPSA) is 64.8 Å². The quantitative estimate of drug-likeness (QED) is 0.817. The Morgan fingerprint density at radius 1 is 1.28 bits per heavy atom. The lowest BCUT2D eigenvalue weighted by Gasteiger charge is -2.32. The van der Waals surface area contributed by atoms with E-state index in [2.05, 4.69) is 0 Å². The summed E-state index contributed by atoms with van der Waals surface area (Å²) in [5.74, 6) is -0.0689. The largest absolute Gasteiger partial charge is 0.494 e. The van der Waals surface area contributed by atoms with Gasteiger partial charge in [-0.1, -0.05) is 17.7 Å². The third-order valence-corrected chi connectivity index (χ3v) is 5.81. The van der Waals surface area contributed by atoms with Gasteiger partial charge in [0.25, 0.3) is 5.91 Å². The van der Waals surface area contributed by atoms with Crippen molar-refractivity contribution in [2.75, 3.05) is 13.1 Å². The Hall–Kier alpha value is -1.08. The summed E-state index contributed by atoms with van der Waals surface area (Å²) in [6.45, 7) is 9.33. The molecule has 1 aromatic carbocycles. The minimum atomic E-state index is -0.491. The van der Waals surface area contributed by atoms with Crippen molar-refractivity contribution >= 4 is 30.1 Å². The first-order valence-corrected chi connectivity index (χ1v) is 9.18. The normalized spacial score (nSPS) is 25.3. The Morgan fingerprint density at radius 2 is 1.92 bits per heavy atom. The van der Waals surface area contributed by atoms with E-state index in [0.717, 1.165) is 24.8 Å². The number of benzene rings is 1. The van der Waals surface area contributed by atoms with E-state index in [0.29, 0.717) is 17.1 Å². The summed E-state index contributed by atoms with van der Waals surface area (Å²) in [5.41, 5.74) is 6.46. The molecule has 2 aliphatic heterocycles. The van der Waals surface area contributed by atoms with Crippen molar-refractivity contribution in [3.05, 3.63) is 28.8 Å². The summed E-state index contributed by atoms with van der Waals surface area (Å²) >= 11 is 6.41. The third-order valence-electron chi connectivity index (χ3n) is 5.49. The fourth-order valence-electron chi connectivity index (χ4n) is 3.20. The smallest absolute Gasteiger partial charge is 0.399 e. The van der Waals surface area contributed by atoms with E-state index >= 15 is 0 Å². The average Bonchev–Trinajstić information content (AvgIpc) is 2.75. The number of halogens is 1. The number of carbonyl (C=O) groups is 1. The number of hydrogen-bond acceptors (Lipinski definition) is 4. The van der Waals surface area contributed by atoms with Crippen LogP contribution in [0.5, 0.6) is 0 Å². The van der Waals surface area contributed by atoms with Gasteiger partial charge >= 0.3 is 7.12 Å². The van der Waals surface area contributed by atoms with Crippen LogP contribution in [0.3, 0.4) is 0 Å². The number of nitrogens with zero attached hydrogens (tertiary/aromatic N) is 1. The zero-order chi connectivity index (χ0) is 18.4. The summed E-state index contributed by atoms with van der Waals surface area (Å²) in [6, 6.07) is 5.41. The molecule has 2 aliphatic rings. The van der Waals surface area contributed by atoms with Crippen molar-refractivity contribution in [2.24, 2.45) is 5.73 Å². The minimum absolute atomic E-state index is 0.0421. The van der Waals surface area contributed by atoms with E-state index in [1.165, 1.54) is 0 Å². The molecule has 2 fully saturated rings. The standard InChI is InChI=1S/C18H26BClN2O3/c1-17(2)18(3,4)25-19(24-17)12-7-8-14(15(20)10-12)16(23)22-9-5-6-13(21)11-22/h7-8,10,13H,5-6,9,11,21H2,1-4H3/t13-/m1/s1. The molecule has 2 heterocycles. The molecule has 0 unspecified atom stereocenters. The highest BCUT2D eigenvalue weighted by Gasteiger charge is 2.51. The molecular weight excluding hydrogens is 338 g/mol. The first-order chi connectivity index (χ1) is 11.6. The highest BCUT2D eigenvalue weighted by molar-refractivity contribution is 6.62. The number of likely N-dealkylation sites (tertiary alicyclic amines) is 1. The molecule has 0 bridgehead atoms. The zero-order valence-corrected chi connectivity index (χ0v) is 16.1. The van der Waals surface area contributed by atoms with E-state index in [9.17, 15) is 4.79 Å². The minimum Gasteiger partial charge on any atom is -0.399 e. The summed E-state index contributed by atoms with van der Waals surface area (Å²) in [6.07, 6.45) is 1.88. The van der Waals surface area contributed by atoms with Gasteiger partial charge in [-0.2, -0.15) is 0 Å². The number of carbonyl (C=O) groups excluding carboxylic acids is 1. The average molecular weight is 365 g/mol. The molecule has 0 saturated carbocycles. The van der Waals surface area contributed by atoms with Crippen molar-refractivity contribution in [1.29, 1.82) is 0 Å². The Morgan fingerprint density at radius 3 is 2.48 bits per heavy atom. The second-order valence-corrected chi connectivity index (χ2v) is 8.39. The van der Waals surface area contributed by atoms with E-state index < -0.39 is 18.3 Å². The number of rotatable bonds is 2. The lowest BCUT2D eigenvalue weighted by molar-refractivity contribution is 0.00578. The third kappa shape index (κ3) is 3.58. The van der Waals surface area contributed by atoms with Crippen LogP contribution < -0.4 is 11.2 Å². The highest BCUT2D eigenvalue weighted by atomic mass is 35.5. The summed E-state index contributed by atoms with van der Waals surface area (Å²) in [5, 5.41) is 0.413. The molecule has 136 valence electrons. The van der Waals surface area contributed by atoms with E-state index in [-0.39, 0.29) is 11.9 Å². The van der Waals surface area contributed by atoms with Gasteiger partial charge in [0.2, 0.25) is 0 Å². The van der Waals surface area contributed by atoms with Gasteiger partial charge < -0.3 is 19.9 Å². The lowest BCUT2D eigenvalue weighted by atomic mass is 9.79. The number of piperidine rings is 1. The van der Waals surface area contributed by atoms with Crippen LogP contribution >= 0.6 is 11.6 Å². The molecule has 1 aromatic rings. The molecule has 2 N–H and O–H groups in total. The van der Waals surface area contributed by atoms with Crippen molar-refractivity contribution < 1.29 is 14.1 Å². The lowest BCUT2D eigenvalue weighted by Crippen LogP contribution is -2.45. The molecule has 0 spiro atoms. The van der Waals surface area contributed by atoms with Crippen molar-refractivity contribution in [3.63, 3.8) is 0 Å². The van der Waals surface area contributed by atoms with Crippen LogP contribution in [0.15, 0.2) is 18.2 Å². The van der Waals surface area contributed by atoms with Crippen LogP contribution in [0, 0.1) is 0 Å². The SMILES string of the molecule is CC1(C)OB(c2ccc(C(=O)N3CCC[C@@H](N)C3)c(Cl)c2)OC1(C)C. The Kier molecular flexibility index (Phi) is 4.92. The Labute approximate surface area is 154 Å². The summed E-state index contributed by atoms with van der Waals surface area (Å²) in [7, 11) is -0.491. The van der Waals surface area contributed by atoms with Crippen LogP contribution in [0.4, 0.5) is 0 Å². The molecule has 1 amide bonds. The monoisotopic (exact) mass is 364 g/mol. The van der Waals surface area contributed by atoms with Gasteiger partial charge in [0.05, 0.1) is 21.8 Å². The van der Waals surface area contributed by atoms with E-state index in [4.69, 9.17) is 26.6 Å². The first-order valence-electron chi connectivity index (χ1n) is 8.81. The second-order valence-electron chi connectivity index (χ2n) is 7.98. The maximum Gasteiger partial charge on any atom is 0.494 e. The molecular formula is C18H26BClN2O3. The number of hydrogen-bond donors (Lipinski definition) is 1. The highest BCUT2D eigenvalue weighted by Crippen LogP contribution is 2.36. The van der Waals surface area contributed by atoms with Crippen LogP contribution in [0.25, 0.3) is 0 Å².